The number of hydrogen-bond acceptors (Lipinski definition) is 6. The molecule has 0 saturated carbocycles. The van der Waals surface area contributed by atoms with Gasteiger partial charge < -0.3 is 29.3 Å². The number of aliphatic carboxylic acids is 1. The molecule has 2 aliphatic heterocycles. The molecule has 3 heterocycles. The van der Waals surface area contributed by atoms with Gasteiger partial charge in [0.25, 0.3) is 5.97 Å². The van der Waals surface area contributed by atoms with Crippen molar-refractivity contribution in [2.45, 2.75) is 19.9 Å². The van der Waals surface area contributed by atoms with E-state index < -0.39 is 23.2 Å². The first-order valence-corrected chi connectivity index (χ1v) is 9.52. The van der Waals surface area contributed by atoms with E-state index in [2.05, 4.69) is 4.90 Å². The number of ether oxygens (including phenoxy) is 1. The first-order chi connectivity index (χ1) is 14.1. The molecule has 162 valence electrons. The quantitative estimate of drug-likeness (QED) is 0.753. The highest BCUT2D eigenvalue weighted by molar-refractivity contribution is 5.96. The Hall–Kier alpha value is -3.14. The Morgan fingerprint density at radius 2 is 1.80 bits per heavy atom. The number of rotatable bonds is 2. The lowest BCUT2D eigenvalue weighted by Gasteiger charge is -2.35. The van der Waals surface area contributed by atoms with E-state index in [-0.39, 0.29) is 29.3 Å². The number of aromatic nitrogens is 1. The Morgan fingerprint density at radius 1 is 1.20 bits per heavy atom. The summed E-state index contributed by atoms with van der Waals surface area (Å²) >= 11 is 0. The van der Waals surface area contributed by atoms with Gasteiger partial charge in [-0.3, -0.25) is 9.59 Å². The number of hydrogen-bond donors (Lipinski definition) is 2. The minimum absolute atomic E-state index is 0.0311. The molecular formula is C20H24FN3O6. The smallest absolute Gasteiger partial charge is 0.341 e. The van der Waals surface area contributed by atoms with E-state index in [4.69, 9.17) is 14.6 Å². The lowest BCUT2D eigenvalue weighted by atomic mass is 10.1. The predicted octanol–water partition coefficient (Wildman–Crippen LogP) is 1.63. The van der Waals surface area contributed by atoms with Crippen molar-refractivity contribution in [1.29, 1.82) is 0 Å². The summed E-state index contributed by atoms with van der Waals surface area (Å²) in [5.74, 6) is -2.58. The van der Waals surface area contributed by atoms with Crippen molar-refractivity contribution in [3.05, 3.63) is 33.9 Å². The molecule has 1 fully saturated rings. The van der Waals surface area contributed by atoms with E-state index in [9.17, 15) is 14.7 Å². The second kappa shape index (κ2) is 8.31. The van der Waals surface area contributed by atoms with Gasteiger partial charge >= 0.3 is 5.97 Å². The van der Waals surface area contributed by atoms with Crippen LogP contribution >= 0.6 is 0 Å². The number of carbonyl (C=O) groups is 2. The first-order valence-electron chi connectivity index (χ1n) is 9.52. The van der Waals surface area contributed by atoms with Gasteiger partial charge in [-0.25, -0.2) is 9.18 Å². The zero-order chi connectivity index (χ0) is 22.2. The third-order valence-electron chi connectivity index (χ3n) is 5.21. The number of likely N-dealkylation sites (N-methyl/N-ethyl adjacent to an activating group) is 1. The molecule has 0 radical (unpaired) electrons. The zero-order valence-corrected chi connectivity index (χ0v) is 17.0. The van der Waals surface area contributed by atoms with Gasteiger partial charge in [0, 0.05) is 39.3 Å². The molecule has 10 heteroatoms. The number of halogens is 1. The van der Waals surface area contributed by atoms with Crippen LogP contribution in [0.5, 0.6) is 5.75 Å². The standard InChI is InChI=1S/C18H20FN3O4.C2H4O2/c1-10-9-26-17-14(19)13(21-5-3-20(2)4-6-21)7-11-15(17)22(10)8-12(16(11)23)18(24)25;1-2(3)4/h7-8,10H,3-6,9H2,1-2H3,(H,24,25);1H3,(H,3,4). The van der Waals surface area contributed by atoms with Crippen molar-refractivity contribution < 1.29 is 28.9 Å². The fourth-order valence-corrected chi connectivity index (χ4v) is 3.64. The number of piperazine rings is 1. The van der Waals surface area contributed by atoms with Gasteiger partial charge in [-0.2, -0.15) is 0 Å². The van der Waals surface area contributed by atoms with Crippen molar-refractivity contribution in [2.75, 3.05) is 44.7 Å². The lowest BCUT2D eigenvalue weighted by molar-refractivity contribution is -0.134. The Balaban J connectivity index is 0.000000589. The largest absolute Gasteiger partial charge is 0.486 e. The van der Waals surface area contributed by atoms with Crippen molar-refractivity contribution >= 4 is 28.5 Å². The maximum atomic E-state index is 15.2. The molecule has 2 aromatic rings. The van der Waals surface area contributed by atoms with Crippen LogP contribution in [0.1, 0.15) is 30.2 Å². The van der Waals surface area contributed by atoms with E-state index >= 15 is 4.39 Å². The molecule has 1 aromatic carbocycles. The second-order valence-electron chi connectivity index (χ2n) is 7.49. The number of carboxylic acid groups (broad SMARTS) is 2. The minimum Gasteiger partial charge on any atom is -0.486 e. The second-order valence-corrected chi connectivity index (χ2v) is 7.49. The summed E-state index contributed by atoms with van der Waals surface area (Å²) < 4.78 is 22.5. The Labute approximate surface area is 171 Å². The monoisotopic (exact) mass is 421 g/mol. The Morgan fingerprint density at radius 3 is 2.37 bits per heavy atom. The van der Waals surface area contributed by atoms with Crippen molar-refractivity contribution in [3.63, 3.8) is 0 Å². The van der Waals surface area contributed by atoms with Gasteiger partial charge in [0.15, 0.2) is 11.6 Å². The molecule has 0 bridgehead atoms. The van der Waals surface area contributed by atoms with Crippen LogP contribution in [0.4, 0.5) is 10.1 Å². The predicted molar refractivity (Wildman–Crippen MR) is 108 cm³/mol. The number of aromatic carboxylic acids is 1. The molecule has 1 unspecified atom stereocenters. The van der Waals surface area contributed by atoms with Crippen LogP contribution in [-0.4, -0.2) is 71.5 Å². The molecule has 0 aliphatic carbocycles. The van der Waals surface area contributed by atoms with Gasteiger partial charge in [0.05, 0.1) is 22.6 Å². The maximum absolute atomic E-state index is 15.2. The van der Waals surface area contributed by atoms with E-state index in [0.717, 1.165) is 20.0 Å². The summed E-state index contributed by atoms with van der Waals surface area (Å²) in [4.78, 5) is 37.2. The van der Waals surface area contributed by atoms with Crippen LogP contribution < -0.4 is 15.1 Å². The lowest BCUT2D eigenvalue weighted by Crippen LogP contribution is -2.45. The average molecular weight is 421 g/mol. The number of benzene rings is 1. The molecular weight excluding hydrogens is 397 g/mol. The molecule has 2 N–H and O–H groups in total. The molecule has 0 amide bonds. The summed E-state index contributed by atoms with van der Waals surface area (Å²) in [6.45, 7) is 5.95. The fourth-order valence-electron chi connectivity index (χ4n) is 3.64. The maximum Gasteiger partial charge on any atom is 0.341 e. The minimum atomic E-state index is -1.29. The van der Waals surface area contributed by atoms with Crippen molar-refractivity contribution in [2.24, 2.45) is 0 Å². The van der Waals surface area contributed by atoms with E-state index in [1.165, 1.54) is 12.3 Å². The number of nitrogens with zero attached hydrogens (tertiary/aromatic N) is 3. The molecule has 2 aliphatic rings. The Kier molecular flexibility index (Phi) is 5.97. The number of carboxylic acids is 2. The summed E-state index contributed by atoms with van der Waals surface area (Å²) in [6, 6.07) is 1.28. The van der Waals surface area contributed by atoms with E-state index in [1.807, 2.05) is 18.9 Å². The zero-order valence-electron chi connectivity index (χ0n) is 17.0. The summed E-state index contributed by atoms with van der Waals surface area (Å²) in [5, 5.41) is 17.0. The normalized spacial score (nSPS) is 18.4. The Bertz CT molecular complexity index is 1050. The molecule has 30 heavy (non-hydrogen) atoms. The van der Waals surface area contributed by atoms with Crippen LogP contribution in [0.2, 0.25) is 0 Å². The highest BCUT2D eigenvalue weighted by atomic mass is 19.1. The van der Waals surface area contributed by atoms with E-state index in [1.54, 1.807) is 4.57 Å². The van der Waals surface area contributed by atoms with E-state index in [0.29, 0.717) is 24.3 Å². The molecule has 0 spiro atoms. The summed E-state index contributed by atoms with van der Waals surface area (Å²) in [6.07, 6.45) is 1.29. The SMILES string of the molecule is CC(=O)O.CC1COc2c(F)c(N3CCN(C)CC3)cc3c(=O)c(C(=O)O)cn1c23. The van der Waals surface area contributed by atoms with Crippen molar-refractivity contribution in [1.82, 2.24) is 9.47 Å². The van der Waals surface area contributed by atoms with Gasteiger partial charge in [-0.15, -0.1) is 0 Å². The number of pyridine rings is 1. The van der Waals surface area contributed by atoms with Crippen LogP contribution in [-0.2, 0) is 4.79 Å². The molecule has 1 atom stereocenters. The fraction of sp³-hybridized carbons (Fsp3) is 0.450. The van der Waals surface area contributed by atoms with Crippen LogP contribution in [0.15, 0.2) is 17.1 Å². The number of anilines is 1. The first kappa shape index (κ1) is 21.6. The summed E-state index contributed by atoms with van der Waals surface area (Å²) in [5.41, 5.74) is -0.304. The molecule has 9 nitrogen and oxygen atoms in total. The van der Waals surface area contributed by atoms with Crippen LogP contribution in [0.25, 0.3) is 10.9 Å². The highest BCUT2D eigenvalue weighted by Gasteiger charge is 2.30. The van der Waals surface area contributed by atoms with Crippen LogP contribution in [0, 0.1) is 5.82 Å². The molecule has 1 aromatic heterocycles. The molecule has 4 rings (SSSR count). The van der Waals surface area contributed by atoms with Crippen LogP contribution in [0.3, 0.4) is 0 Å². The average Bonchev–Trinajstić information content (AvgIpc) is 2.67. The van der Waals surface area contributed by atoms with Gasteiger partial charge in [-0.05, 0) is 20.0 Å². The highest BCUT2D eigenvalue weighted by Crippen LogP contribution is 2.39. The van der Waals surface area contributed by atoms with Crippen molar-refractivity contribution in [3.8, 4) is 5.75 Å². The van der Waals surface area contributed by atoms with Gasteiger partial charge in [0.2, 0.25) is 5.43 Å². The molecule has 1 saturated heterocycles. The summed E-state index contributed by atoms with van der Waals surface area (Å²) in [7, 11) is 2.00. The third-order valence-corrected chi connectivity index (χ3v) is 5.21. The third kappa shape index (κ3) is 3.95. The van der Waals surface area contributed by atoms with Gasteiger partial charge in [0.1, 0.15) is 12.2 Å². The van der Waals surface area contributed by atoms with Gasteiger partial charge in [-0.1, -0.05) is 0 Å². The topological polar surface area (TPSA) is 112 Å².